The predicted molar refractivity (Wildman–Crippen MR) is 35.6 cm³/mol. The van der Waals surface area contributed by atoms with Crippen LogP contribution >= 0.6 is 0 Å². The van der Waals surface area contributed by atoms with E-state index in [0.29, 0.717) is 6.42 Å². The molecule has 0 aliphatic heterocycles. The van der Waals surface area contributed by atoms with Gasteiger partial charge in [0.1, 0.15) is 0 Å². The molecule has 0 aromatic rings. The van der Waals surface area contributed by atoms with Gasteiger partial charge in [-0.25, -0.2) is 8.78 Å². The molecule has 0 radical (unpaired) electrons. The maximum atomic E-state index is 12.4. The molecule has 0 saturated carbocycles. The average Bonchev–Trinajstić information content (AvgIpc) is 1.79. The van der Waals surface area contributed by atoms with Gasteiger partial charge in [0.15, 0.2) is 11.7 Å². The summed E-state index contributed by atoms with van der Waals surface area (Å²) in [6.07, 6.45) is 2.62. The molecule has 1 nitrogen and oxygen atoms in total. The zero-order valence-corrected chi connectivity index (χ0v) is 5.70. The van der Waals surface area contributed by atoms with Crippen LogP contribution in [0.5, 0.6) is 0 Å². The first kappa shape index (κ1) is 7.41. The minimum Gasteiger partial charge on any atom is -0.322 e. The summed E-state index contributed by atoms with van der Waals surface area (Å²) in [5.74, 6) is -1.65. The molecule has 1 rings (SSSR count). The lowest BCUT2D eigenvalue weighted by Crippen LogP contribution is -2.34. The molecule has 0 aromatic carbocycles. The monoisotopic (exact) mass is 145 g/mol. The van der Waals surface area contributed by atoms with Crippen LogP contribution in [0.2, 0.25) is 0 Å². The Balaban J connectivity index is 2.87. The average molecular weight is 145 g/mol. The van der Waals surface area contributed by atoms with Gasteiger partial charge < -0.3 is 5.73 Å². The Kier molecular flexibility index (Phi) is 1.60. The third-order valence-electron chi connectivity index (χ3n) is 1.41. The number of halogens is 2. The lowest BCUT2D eigenvalue weighted by atomic mass is 9.94. The number of hydrogen-bond acceptors (Lipinski definition) is 1. The van der Waals surface area contributed by atoms with Crippen LogP contribution in [0.1, 0.15) is 13.3 Å². The molecule has 2 N–H and O–H groups in total. The highest BCUT2D eigenvalue weighted by Gasteiger charge is 2.21. The van der Waals surface area contributed by atoms with Gasteiger partial charge in [-0.1, -0.05) is 0 Å². The molecule has 0 saturated heterocycles. The molecule has 3 heteroatoms. The van der Waals surface area contributed by atoms with E-state index in [4.69, 9.17) is 5.73 Å². The zero-order valence-electron chi connectivity index (χ0n) is 5.70. The first-order valence-corrected chi connectivity index (χ1v) is 3.04. The van der Waals surface area contributed by atoms with Crippen molar-refractivity contribution in [3.8, 4) is 0 Å². The van der Waals surface area contributed by atoms with Crippen LogP contribution < -0.4 is 5.73 Å². The minimum absolute atomic E-state index is 0.353. The van der Waals surface area contributed by atoms with Crippen molar-refractivity contribution in [1.82, 2.24) is 0 Å². The molecule has 0 spiro atoms. The summed E-state index contributed by atoms with van der Waals surface area (Å²) in [4.78, 5) is 0. The van der Waals surface area contributed by atoms with Crippen molar-refractivity contribution in [2.75, 3.05) is 0 Å². The van der Waals surface area contributed by atoms with Gasteiger partial charge in [-0.15, -0.1) is 0 Å². The highest BCUT2D eigenvalue weighted by atomic mass is 19.2. The quantitative estimate of drug-likeness (QED) is 0.552. The van der Waals surface area contributed by atoms with Crippen LogP contribution in [0.4, 0.5) is 8.78 Å². The maximum absolute atomic E-state index is 12.4. The second kappa shape index (κ2) is 2.16. The molecule has 56 valence electrons. The fraction of sp³-hybridized carbons (Fsp3) is 0.429. The molecule has 1 aliphatic rings. The van der Waals surface area contributed by atoms with Crippen molar-refractivity contribution in [1.29, 1.82) is 0 Å². The predicted octanol–water partition coefficient (Wildman–Crippen LogP) is 1.81. The van der Waals surface area contributed by atoms with E-state index in [9.17, 15) is 8.78 Å². The van der Waals surface area contributed by atoms with E-state index in [1.165, 1.54) is 0 Å². The number of rotatable bonds is 0. The SMILES string of the molecule is CC1(N)C=C(F)C(F)=CC1. The second-order valence-electron chi connectivity index (χ2n) is 2.75. The van der Waals surface area contributed by atoms with Crippen molar-refractivity contribution in [3.05, 3.63) is 23.8 Å². The van der Waals surface area contributed by atoms with E-state index < -0.39 is 17.2 Å². The third-order valence-corrected chi connectivity index (χ3v) is 1.41. The van der Waals surface area contributed by atoms with Crippen molar-refractivity contribution in [2.45, 2.75) is 18.9 Å². The normalized spacial score (nSPS) is 33.2. The second-order valence-corrected chi connectivity index (χ2v) is 2.75. The Bertz CT molecular complexity index is 204. The van der Waals surface area contributed by atoms with Gasteiger partial charge in [0.05, 0.1) is 0 Å². The van der Waals surface area contributed by atoms with Gasteiger partial charge >= 0.3 is 0 Å². The van der Waals surface area contributed by atoms with Gasteiger partial charge in [-0.2, -0.15) is 0 Å². The molecule has 0 fully saturated rings. The molecule has 0 heterocycles. The van der Waals surface area contributed by atoms with Crippen LogP contribution in [0.15, 0.2) is 23.8 Å². The molecule has 1 aliphatic carbocycles. The molecular formula is C7H9F2N. The number of hydrogen-bond donors (Lipinski definition) is 1. The Labute approximate surface area is 58.2 Å². The molecule has 0 amide bonds. The van der Waals surface area contributed by atoms with Crippen LogP contribution in [0.25, 0.3) is 0 Å². The lowest BCUT2D eigenvalue weighted by Gasteiger charge is -2.21. The molecule has 1 atom stereocenters. The van der Waals surface area contributed by atoms with Gasteiger partial charge in [0, 0.05) is 5.54 Å². The first-order chi connectivity index (χ1) is 4.51. The topological polar surface area (TPSA) is 26.0 Å². The summed E-state index contributed by atoms with van der Waals surface area (Å²) in [5, 5.41) is 0. The highest BCUT2D eigenvalue weighted by Crippen LogP contribution is 2.25. The fourth-order valence-corrected chi connectivity index (χ4v) is 0.824. The van der Waals surface area contributed by atoms with E-state index in [1.807, 2.05) is 0 Å². The van der Waals surface area contributed by atoms with Crippen molar-refractivity contribution >= 4 is 0 Å². The Morgan fingerprint density at radius 3 is 2.50 bits per heavy atom. The molecule has 10 heavy (non-hydrogen) atoms. The van der Waals surface area contributed by atoms with Crippen molar-refractivity contribution in [3.63, 3.8) is 0 Å². The first-order valence-electron chi connectivity index (χ1n) is 3.04. The maximum Gasteiger partial charge on any atom is 0.156 e. The lowest BCUT2D eigenvalue weighted by molar-refractivity contribution is 0.482. The molecule has 0 bridgehead atoms. The number of allylic oxidation sites excluding steroid dienone is 2. The van der Waals surface area contributed by atoms with Crippen molar-refractivity contribution in [2.24, 2.45) is 5.73 Å². The minimum atomic E-state index is -0.851. The largest absolute Gasteiger partial charge is 0.322 e. The summed E-state index contributed by atoms with van der Waals surface area (Å²) in [7, 11) is 0. The van der Waals surface area contributed by atoms with Gasteiger partial charge in [-0.05, 0) is 25.5 Å². The smallest absolute Gasteiger partial charge is 0.156 e. The van der Waals surface area contributed by atoms with Crippen LogP contribution in [0, 0.1) is 0 Å². The van der Waals surface area contributed by atoms with E-state index in [-0.39, 0.29) is 0 Å². The van der Waals surface area contributed by atoms with Crippen LogP contribution in [0.3, 0.4) is 0 Å². The fourth-order valence-electron chi connectivity index (χ4n) is 0.824. The van der Waals surface area contributed by atoms with Gasteiger partial charge in [0.2, 0.25) is 0 Å². The summed E-state index contributed by atoms with van der Waals surface area (Å²) in [6.45, 7) is 1.65. The third kappa shape index (κ3) is 1.42. The molecular weight excluding hydrogens is 136 g/mol. The summed E-state index contributed by atoms with van der Waals surface area (Å²) < 4.78 is 24.7. The highest BCUT2D eigenvalue weighted by molar-refractivity contribution is 5.28. The van der Waals surface area contributed by atoms with E-state index in [0.717, 1.165) is 12.2 Å². The summed E-state index contributed by atoms with van der Waals surface area (Å²) in [5.41, 5.74) is 4.78. The van der Waals surface area contributed by atoms with E-state index >= 15 is 0 Å². The van der Waals surface area contributed by atoms with Crippen LogP contribution in [-0.4, -0.2) is 5.54 Å². The Hall–Kier alpha value is -0.700. The van der Waals surface area contributed by atoms with Crippen molar-refractivity contribution < 1.29 is 8.78 Å². The zero-order chi connectivity index (χ0) is 7.78. The number of nitrogens with two attached hydrogens (primary N) is 1. The summed E-state index contributed by atoms with van der Waals surface area (Å²) in [6, 6.07) is 0. The Morgan fingerprint density at radius 1 is 1.50 bits per heavy atom. The molecule has 0 aromatic heterocycles. The van der Waals surface area contributed by atoms with E-state index in [2.05, 4.69) is 0 Å². The molecule has 1 unspecified atom stereocenters. The van der Waals surface area contributed by atoms with E-state index in [1.54, 1.807) is 6.92 Å². The van der Waals surface area contributed by atoms with Gasteiger partial charge in [0.25, 0.3) is 0 Å². The van der Waals surface area contributed by atoms with Crippen LogP contribution in [-0.2, 0) is 0 Å². The van der Waals surface area contributed by atoms with Gasteiger partial charge in [-0.3, -0.25) is 0 Å². The standard InChI is InChI=1S/C7H9F2N/c1-7(10)3-2-5(8)6(9)4-7/h2,4H,3,10H2,1H3. The summed E-state index contributed by atoms with van der Waals surface area (Å²) >= 11 is 0. The Morgan fingerprint density at radius 2 is 2.10 bits per heavy atom.